The summed E-state index contributed by atoms with van der Waals surface area (Å²) in [6.07, 6.45) is 3.51. The Bertz CT molecular complexity index is 713. The lowest BCUT2D eigenvalue weighted by Crippen LogP contribution is -2.30. The zero-order valence-corrected chi connectivity index (χ0v) is 12.2. The van der Waals surface area contributed by atoms with Gasteiger partial charge >= 0.3 is 6.03 Å². The summed E-state index contributed by atoms with van der Waals surface area (Å²) < 4.78 is 10.7. The third-order valence-electron chi connectivity index (χ3n) is 3.25. The van der Waals surface area contributed by atoms with E-state index in [9.17, 15) is 4.79 Å². The lowest BCUT2D eigenvalue weighted by atomic mass is 10.2. The molecule has 0 fully saturated rings. The number of urea groups is 1. The number of carbonyl (C=O) groups excluding carboxylic acids is 1. The van der Waals surface area contributed by atoms with Crippen LogP contribution in [-0.4, -0.2) is 19.7 Å². The van der Waals surface area contributed by atoms with Crippen molar-refractivity contribution < 1.29 is 14.3 Å². The number of fused-ring (bicyclic) bond motifs is 1. The van der Waals surface area contributed by atoms with Gasteiger partial charge in [-0.1, -0.05) is 18.2 Å². The van der Waals surface area contributed by atoms with Crippen LogP contribution in [0.5, 0.6) is 11.5 Å². The van der Waals surface area contributed by atoms with E-state index in [1.165, 1.54) is 4.90 Å². The first-order chi connectivity index (χ1) is 10.8. The Morgan fingerprint density at radius 3 is 2.95 bits per heavy atom. The molecule has 5 nitrogen and oxygen atoms in total. The fraction of sp³-hybridized carbons (Fsp3) is 0.118. The molecule has 0 aromatic heterocycles. The van der Waals surface area contributed by atoms with Gasteiger partial charge < -0.3 is 14.8 Å². The number of hydrogen-bond donors (Lipinski definition) is 1. The van der Waals surface area contributed by atoms with Crippen LogP contribution >= 0.6 is 0 Å². The highest BCUT2D eigenvalue weighted by molar-refractivity contribution is 6.04. The smallest absolute Gasteiger partial charge is 0.330 e. The summed E-state index contributed by atoms with van der Waals surface area (Å²) in [5.41, 5.74) is 1.37. The van der Waals surface area contributed by atoms with E-state index in [2.05, 4.69) is 5.32 Å². The van der Waals surface area contributed by atoms with Crippen LogP contribution in [-0.2, 0) is 0 Å². The fourth-order valence-electron chi connectivity index (χ4n) is 2.21. The third kappa shape index (κ3) is 2.88. The van der Waals surface area contributed by atoms with Gasteiger partial charge in [-0.15, -0.1) is 0 Å². The van der Waals surface area contributed by atoms with Crippen molar-refractivity contribution in [2.24, 2.45) is 0 Å². The molecule has 2 amide bonds. The summed E-state index contributed by atoms with van der Waals surface area (Å²) in [7, 11) is 1.59. The Morgan fingerprint density at radius 1 is 1.23 bits per heavy atom. The van der Waals surface area contributed by atoms with Gasteiger partial charge in [-0.25, -0.2) is 4.79 Å². The third-order valence-corrected chi connectivity index (χ3v) is 3.25. The van der Waals surface area contributed by atoms with E-state index in [4.69, 9.17) is 9.47 Å². The molecular weight excluding hydrogens is 280 g/mol. The second-order valence-corrected chi connectivity index (χ2v) is 4.70. The van der Waals surface area contributed by atoms with Crippen LogP contribution in [0, 0.1) is 0 Å². The molecule has 0 atom stereocenters. The van der Waals surface area contributed by atoms with Gasteiger partial charge in [-0.05, 0) is 30.3 Å². The number of para-hydroxylation sites is 2. The first-order valence-corrected chi connectivity index (χ1v) is 6.91. The predicted octanol–water partition coefficient (Wildman–Crippen LogP) is 3.64. The van der Waals surface area contributed by atoms with E-state index in [1.807, 2.05) is 42.5 Å². The summed E-state index contributed by atoms with van der Waals surface area (Å²) in [4.78, 5) is 14.1. The quantitative estimate of drug-likeness (QED) is 0.920. The van der Waals surface area contributed by atoms with Gasteiger partial charge in [-0.3, -0.25) is 4.90 Å². The van der Waals surface area contributed by atoms with E-state index in [0.29, 0.717) is 29.5 Å². The van der Waals surface area contributed by atoms with Gasteiger partial charge in [0.2, 0.25) is 0 Å². The number of nitrogens with zero attached hydrogens (tertiary/aromatic N) is 1. The van der Waals surface area contributed by atoms with E-state index in [-0.39, 0.29) is 6.03 Å². The number of rotatable bonds is 2. The van der Waals surface area contributed by atoms with Crippen LogP contribution in [0.2, 0.25) is 0 Å². The maximum absolute atomic E-state index is 12.5. The van der Waals surface area contributed by atoms with Crippen molar-refractivity contribution in [3.63, 3.8) is 0 Å². The second-order valence-electron chi connectivity index (χ2n) is 4.70. The predicted molar refractivity (Wildman–Crippen MR) is 85.6 cm³/mol. The maximum atomic E-state index is 12.5. The van der Waals surface area contributed by atoms with Crippen molar-refractivity contribution >= 4 is 17.4 Å². The van der Waals surface area contributed by atoms with Gasteiger partial charge in [0, 0.05) is 18.0 Å². The van der Waals surface area contributed by atoms with Crippen molar-refractivity contribution in [1.29, 1.82) is 0 Å². The Balaban J connectivity index is 1.85. The summed E-state index contributed by atoms with van der Waals surface area (Å²) in [5.74, 6) is 1.36. The van der Waals surface area contributed by atoms with Gasteiger partial charge in [0.15, 0.2) is 0 Å². The van der Waals surface area contributed by atoms with Crippen molar-refractivity contribution in [2.75, 3.05) is 23.9 Å². The SMILES string of the molecule is COc1cccc(NC(=O)N2C=CCOc3ccccc32)c1. The summed E-state index contributed by atoms with van der Waals surface area (Å²) in [6.45, 7) is 0.431. The molecule has 0 spiro atoms. The number of nitrogens with one attached hydrogen (secondary N) is 1. The normalized spacial score (nSPS) is 12.9. The molecule has 0 bridgehead atoms. The van der Waals surface area contributed by atoms with Crippen molar-refractivity contribution in [3.05, 3.63) is 60.8 Å². The Kier molecular flexibility index (Phi) is 3.96. The van der Waals surface area contributed by atoms with E-state index in [1.54, 1.807) is 25.5 Å². The first-order valence-electron chi connectivity index (χ1n) is 6.91. The molecule has 1 N–H and O–H groups in total. The van der Waals surface area contributed by atoms with Crippen LogP contribution in [0.1, 0.15) is 0 Å². The minimum Gasteiger partial charge on any atom is -0.497 e. The molecule has 3 rings (SSSR count). The zero-order chi connectivity index (χ0) is 15.4. The second kappa shape index (κ2) is 6.22. The number of amides is 2. The number of anilines is 2. The lowest BCUT2D eigenvalue weighted by Gasteiger charge is -2.20. The average Bonchev–Trinajstić information content (AvgIpc) is 2.77. The molecule has 1 aliphatic heterocycles. The molecule has 0 saturated carbocycles. The van der Waals surface area contributed by atoms with Crippen LogP contribution in [0.15, 0.2) is 60.8 Å². The molecule has 5 heteroatoms. The number of hydrogen-bond acceptors (Lipinski definition) is 3. The fourth-order valence-corrected chi connectivity index (χ4v) is 2.21. The molecule has 1 heterocycles. The molecule has 1 aliphatic rings. The number of benzene rings is 2. The summed E-state index contributed by atoms with van der Waals surface area (Å²) in [6, 6.07) is 14.4. The standard InChI is InChI=1S/C17H16N2O3/c1-21-14-7-4-6-13(12-14)18-17(20)19-10-5-11-22-16-9-3-2-8-15(16)19/h2-10,12H,11H2,1H3,(H,18,20). The molecule has 22 heavy (non-hydrogen) atoms. The summed E-state index contributed by atoms with van der Waals surface area (Å²) >= 11 is 0. The monoisotopic (exact) mass is 296 g/mol. The Morgan fingerprint density at radius 2 is 2.09 bits per heavy atom. The number of methoxy groups -OCH3 is 1. The molecule has 2 aromatic carbocycles. The van der Waals surface area contributed by atoms with Crippen LogP contribution in [0.4, 0.5) is 16.2 Å². The minimum absolute atomic E-state index is 0.262. The largest absolute Gasteiger partial charge is 0.497 e. The molecule has 2 aromatic rings. The lowest BCUT2D eigenvalue weighted by molar-refractivity contribution is 0.258. The molecule has 0 unspecified atom stereocenters. The van der Waals surface area contributed by atoms with Crippen molar-refractivity contribution in [1.82, 2.24) is 0 Å². The zero-order valence-electron chi connectivity index (χ0n) is 12.2. The molecule has 112 valence electrons. The van der Waals surface area contributed by atoms with Crippen molar-refractivity contribution in [2.45, 2.75) is 0 Å². The Hall–Kier alpha value is -2.95. The highest BCUT2D eigenvalue weighted by atomic mass is 16.5. The van der Waals surface area contributed by atoms with Gasteiger partial charge in [0.05, 0.1) is 12.8 Å². The van der Waals surface area contributed by atoms with E-state index in [0.717, 1.165) is 0 Å². The van der Waals surface area contributed by atoms with Gasteiger partial charge in [0.1, 0.15) is 18.1 Å². The molecule has 0 saturated heterocycles. The summed E-state index contributed by atoms with van der Waals surface area (Å²) in [5, 5.41) is 2.86. The van der Waals surface area contributed by atoms with Gasteiger partial charge in [-0.2, -0.15) is 0 Å². The molecular formula is C17H16N2O3. The Labute approximate surface area is 128 Å². The highest BCUT2D eigenvalue weighted by Crippen LogP contribution is 2.30. The average molecular weight is 296 g/mol. The first kappa shape index (κ1) is 14.0. The van der Waals surface area contributed by atoms with Gasteiger partial charge in [0.25, 0.3) is 0 Å². The molecule has 0 radical (unpaired) electrons. The highest BCUT2D eigenvalue weighted by Gasteiger charge is 2.19. The minimum atomic E-state index is -0.262. The number of ether oxygens (including phenoxy) is 2. The van der Waals surface area contributed by atoms with Crippen LogP contribution < -0.4 is 19.7 Å². The van der Waals surface area contributed by atoms with Crippen LogP contribution in [0.25, 0.3) is 0 Å². The van der Waals surface area contributed by atoms with E-state index < -0.39 is 0 Å². The topological polar surface area (TPSA) is 50.8 Å². The maximum Gasteiger partial charge on any atom is 0.330 e. The molecule has 0 aliphatic carbocycles. The van der Waals surface area contributed by atoms with E-state index >= 15 is 0 Å². The van der Waals surface area contributed by atoms with Crippen LogP contribution in [0.3, 0.4) is 0 Å². The number of carbonyl (C=O) groups is 1. The van der Waals surface area contributed by atoms with Crippen molar-refractivity contribution in [3.8, 4) is 11.5 Å².